The molecule has 0 heterocycles. The molecule has 3 aromatic rings. The van der Waals surface area contributed by atoms with Crippen LogP contribution in [0, 0.1) is 17.0 Å². The fourth-order valence-corrected chi connectivity index (χ4v) is 4.22. The van der Waals surface area contributed by atoms with Gasteiger partial charge in [-0.3, -0.25) is 4.79 Å². The van der Waals surface area contributed by atoms with Gasteiger partial charge in [0, 0.05) is 12.0 Å². The summed E-state index contributed by atoms with van der Waals surface area (Å²) >= 11 is 0. The van der Waals surface area contributed by atoms with Gasteiger partial charge in [0.25, 0.3) is 0 Å². The lowest BCUT2D eigenvalue weighted by molar-refractivity contribution is -0.140. The van der Waals surface area contributed by atoms with Crippen LogP contribution in [0.2, 0.25) is 0 Å². The Bertz CT molecular complexity index is 1250. The number of esters is 1. The van der Waals surface area contributed by atoms with Gasteiger partial charge in [-0.15, -0.1) is 0 Å². The SMILES string of the molecule is COC(=O)CCc1cccc(OCc2ccc(-c3cc(OC)ccc3F)c(C(O)C3(C)CC3)c2)c1F. The smallest absolute Gasteiger partial charge is 0.305 e. The third-order valence-corrected chi connectivity index (χ3v) is 6.84. The molecule has 0 amide bonds. The van der Waals surface area contributed by atoms with Crippen LogP contribution in [-0.4, -0.2) is 25.3 Å². The molecule has 1 fully saturated rings. The molecule has 0 spiro atoms. The van der Waals surface area contributed by atoms with E-state index in [0.717, 1.165) is 12.8 Å². The summed E-state index contributed by atoms with van der Waals surface area (Å²) in [4.78, 5) is 11.4. The summed E-state index contributed by atoms with van der Waals surface area (Å²) in [5.41, 5.74) is 2.30. The Labute approximate surface area is 209 Å². The lowest BCUT2D eigenvalue weighted by Crippen LogP contribution is -2.12. The van der Waals surface area contributed by atoms with E-state index in [1.807, 2.05) is 6.92 Å². The molecule has 190 valence electrons. The molecule has 0 saturated heterocycles. The zero-order chi connectivity index (χ0) is 25.9. The van der Waals surface area contributed by atoms with Crippen molar-refractivity contribution in [1.29, 1.82) is 0 Å². The highest BCUT2D eigenvalue weighted by Crippen LogP contribution is 2.55. The maximum Gasteiger partial charge on any atom is 0.305 e. The summed E-state index contributed by atoms with van der Waals surface area (Å²) in [5.74, 6) is -0.776. The molecule has 1 N–H and O–H groups in total. The van der Waals surface area contributed by atoms with Gasteiger partial charge in [0.1, 0.15) is 18.2 Å². The molecular weight excluding hydrogens is 466 g/mol. The second-order valence-corrected chi connectivity index (χ2v) is 9.42. The van der Waals surface area contributed by atoms with Gasteiger partial charge in [-0.2, -0.15) is 0 Å². The monoisotopic (exact) mass is 496 g/mol. The summed E-state index contributed by atoms with van der Waals surface area (Å²) in [6, 6.07) is 14.6. The molecule has 0 aliphatic heterocycles. The van der Waals surface area contributed by atoms with Crippen molar-refractivity contribution >= 4 is 5.97 Å². The van der Waals surface area contributed by atoms with Crippen LogP contribution in [0.25, 0.3) is 11.1 Å². The molecule has 4 rings (SSSR count). The Balaban J connectivity index is 1.61. The van der Waals surface area contributed by atoms with Crippen molar-refractivity contribution in [1.82, 2.24) is 0 Å². The van der Waals surface area contributed by atoms with Crippen LogP contribution in [0.5, 0.6) is 11.5 Å². The van der Waals surface area contributed by atoms with Crippen LogP contribution in [0.1, 0.15) is 49.0 Å². The minimum Gasteiger partial charge on any atom is -0.497 e. The number of hydrogen-bond donors (Lipinski definition) is 1. The fraction of sp³-hybridized carbons (Fsp3) is 0.345. The Morgan fingerprint density at radius 2 is 1.83 bits per heavy atom. The maximum atomic E-state index is 14.9. The normalized spacial score (nSPS) is 14.7. The number of aliphatic hydroxyl groups excluding tert-OH is 1. The van der Waals surface area contributed by atoms with E-state index in [9.17, 15) is 18.7 Å². The van der Waals surface area contributed by atoms with Crippen molar-refractivity contribution < 1.29 is 32.9 Å². The van der Waals surface area contributed by atoms with Gasteiger partial charge in [0.2, 0.25) is 0 Å². The molecule has 1 saturated carbocycles. The van der Waals surface area contributed by atoms with Crippen molar-refractivity contribution in [2.45, 2.75) is 45.3 Å². The van der Waals surface area contributed by atoms with Crippen molar-refractivity contribution in [3.05, 3.63) is 82.9 Å². The summed E-state index contributed by atoms with van der Waals surface area (Å²) in [6.45, 7) is 2.05. The van der Waals surface area contributed by atoms with E-state index in [2.05, 4.69) is 4.74 Å². The van der Waals surface area contributed by atoms with Gasteiger partial charge < -0.3 is 19.3 Å². The van der Waals surface area contributed by atoms with Crippen LogP contribution in [0.3, 0.4) is 0 Å². The lowest BCUT2D eigenvalue weighted by atomic mass is 9.87. The van der Waals surface area contributed by atoms with Crippen molar-refractivity contribution in [2.75, 3.05) is 14.2 Å². The first kappa shape index (κ1) is 25.6. The molecule has 1 unspecified atom stereocenters. The number of carbonyl (C=O) groups excluding carboxylic acids is 1. The van der Waals surface area contributed by atoms with Crippen molar-refractivity contribution in [3.8, 4) is 22.6 Å². The Morgan fingerprint density at radius 1 is 1.06 bits per heavy atom. The zero-order valence-corrected chi connectivity index (χ0v) is 20.6. The number of hydrogen-bond acceptors (Lipinski definition) is 5. The molecule has 36 heavy (non-hydrogen) atoms. The van der Waals surface area contributed by atoms with Gasteiger partial charge in [-0.25, -0.2) is 8.78 Å². The van der Waals surface area contributed by atoms with E-state index >= 15 is 0 Å². The van der Waals surface area contributed by atoms with E-state index in [1.54, 1.807) is 42.5 Å². The summed E-state index contributed by atoms with van der Waals surface area (Å²) in [6.07, 6.45) is 1.22. The molecule has 1 atom stereocenters. The second-order valence-electron chi connectivity index (χ2n) is 9.42. The Morgan fingerprint density at radius 3 is 2.53 bits per heavy atom. The molecule has 0 aromatic heterocycles. The number of aliphatic hydroxyl groups is 1. The average molecular weight is 497 g/mol. The molecule has 0 bridgehead atoms. The molecular formula is C29H30F2O5. The number of benzene rings is 3. The first-order valence-electron chi connectivity index (χ1n) is 11.9. The van der Waals surface area contributed by atoms with Gasteiger partial charge in [-0.1, -0.05) is 31.2 Å². The highest BCUT2D eigenvalue weighted by Gasteiger charge is 2.45. The predicted octanol–water partition coefficient (Wildman–Crippen LogP) is 6.16. The van der Waals surface area contributed by atoms with Gasteiger partial charge in [0.05, 0.1) is 20.3 Å². The molecule has 3 aromatic carbocycles. The van der Waals surface area contributed by atoms with Gasteiger partial charge in [0.15, 0.2) is 11.6 Å². The number of rotatable bonds is 10. The number of aryl methyl sites for hydroxylation is 1. The molecule has 1 aliphatic carbocycles. The van der Waals surface area contributed by atoms with Crippen molar-refractivity contribution in [2.24, 2.45) is 5.41 Å². The third kappa shape index (κ3) is 5.51. The molecule has 7 heteroatoms. The Kier molecular flexibility index (Phi) is 7.59. The van der Waals surface area contributed by atoms with Gasteiger partial charge >= 0.3 is 5.97 Å². The number of carbonyl (C=O) groups is 1. The topological polar surface area (TPSA) is 65.0 Å². The second kappa shape index (κ2) is 10.7. The summed E-state index contributed by atoms with van der Waals surface area (Å²) in [7, 11) is 2.81. The lowest BCUT2D eigenvalue weighted by Gasteiger charge is -2.23. The number of methoxy groups -OCH3 is 2. The molecule has 0 radical (unpaired) electrons. The largest absolute Gasteiger partial charge is 0.497 e. The maximum absolute atomic E-state index is 14.9. The quantitative estimate of drug-likeness (QED) is 0.341. The third-order valence-electron chi connectivity index (χ3n) is 6.84. The molecule has 1 aliphatic rings. The first-order valence-corrected chi connectivity index (χ1v) is 11.9. The highest BCUT2D eigenvalue weighted by molar-refractivity contribution is 5.71. The number of halogens is 2. The van der Waals surface area contributed by atoms with E-state index in [0.29, 0.717) is 33.6 Å². The predicted molar refractivity (Wildman–Crippen MR) is 132 cm³/mol. The van der Waals surface area contributed by atoms with Crippen LogP contribution in [0.4, 0.5) is 8.78 Å². The minimum absolute atomic E-state index is 0.0503. The van der Waals surface area contributed by atoms with E-state index in [-0.39, 0.29) is 30.6 Å². The van der Waals surface area contributed by atoms with Crippen LogP contribution in [0.15, 0.2) is 54.6 Å². The summed E-state index contributed by atoms with van der Waals surface area (Å²) < 4.78 is 45.4. The van der Waals surface area contributed by atoms with Crippen LogP contribution in [-0.2, 0) is 22.6 Å². The van der Waals surface area contributed by atoms with Crippen molar-refractivity contribution in [3.63, 3.8) is 0 Å². The van der Waals surface area contributed by atoms with E-state index in [1.165, 1.54) is 26.4 Å². The zero-order valence-electron chi connectivity index (χ0n) is 20.6. The van der Waals surface area contributed by atoms with E-state index in [4.69, 9.17) is 9.47 Å². The minimum atomic E-state index is -0.795. The first-order chi connectivity index (χ1) is 17.3. The van der Waals surface area contributed by atoms with E-state index < -0.39 is 23.7 Å². The Hall–Kier alpha value is -3.45. The highest BCUT2D eigenvalue weighted by atomic mass is 19.1. The fourth-order valence-electron chi connectivity index (χ4n) is 4.22. The average Bonchev–Trinajstić information content (AvgIpc) is 3.65. The van der Waals surface area contributed by atoms with Crippen LogP contribution < -0.4 is 9.47 Å². The molecule has 5 nitrogen and oxygen atoms in total. The van der Waals surface area contributed by atoms with Crippen LogP contribution >= 0.6 is 0 Å². The standard InChI is InChI=1S/C29H30F2O5/c1-29(13-14-29)28(33)23-15-18(7-10-21(23)22-16-20(34-2)9-11-24(22)30)17-36-25-6-4-5-19(27(25)31)8-12-26(32)35-3/h4-7,9-11,15-16,28,33H,8,12-14,17H2,1-3H3. The number of ether oxygens (including phenoxy) is 3. The summed E-state index contributed by atoms with van der Waals surface area (Å²) in [5, 5.41) is 11.2. The van der Waals surface area contributed by atoms with Gasteiger partial charge in [-0.05, 0) is 77.3 Å².